The lowest BCUT2D eigenvalue weighted by molar-refractivity contribution is 0.0734. The number of aryl methyl sites for hydroxylation is 2. The number of amides is 1. The van der Waals surface area contributed by atoms with Crippen molar-refractivity contribution >= 4 is 16.8 Å². The molecule has 1 fully saturated rings. The Bertz CT molecular complexity index is 773. The minimum atomic E-state index is 0.0580. The summed E-state index contributed by atoms with van der Waals surface area (Å²) in [7, 11) is 4.10. The molecule has 1 aromatic carbocycles. The maximum atomic E-state index is 13.2. The summed E-state index contributed by atoms with van der Waals surface area (Å²) >= 11 is 0. The third kappa shape index (κ3) is 3.99. The third-order valence-electron chi connectivity index (χ3n) is 4.72. The van der Waals surface area contributed by atoms with E-state index >= 15 is 0 Å². The van der Waals surface area contributed by atoms with Crippen LogP contribution in [-0.4, -0.2) is 67.6 Å². The zero-order chi connectivity index (χ0) is 18.0. The van der Waals surface area contributed by atoms with Gasteiger partial charge in [0.1, 0.15) is 0 Å². The average molecular weight is 341 g/mol. The molecular weight excluding hydrogens is 314 g/mol. The first-order valence-electron chi connectivity index (χ1n) is 8.84. The number of para-hydroxylation sites is 1. The van der Waals surface area contributed by atoms with Gasteiger partial charge in [-0.2, -0.15) is 0 Å². The second-order valence-electron chi connectivity index (χ2n) is 7.22. The number of pyridine rings is 1. The summed E-state index contributed by atoms with van der Waals surface area (Å²) in [5, 5.41) is 1.02. The molecule has 0 bridgehead atoms. The summed E-state index contributed by atoms with van der Waals surface area (Å²) in [6.45, 7) is 7.54. The van der Waals surface area contributed by atoms with Crippen LogP contribution in [-0.2, 0) is 4.74 Å². The number of benzene rings is 1. The Labute approximate surface area is 149 Å². The number of carbonyl (C=O) groups excluding carboxylic acids is 1. The smallest absolute Gasteiger partial charge is 0.255 e. The Kier molecular flexibility index (Phi) is 5.35. The van der Waals surface area contributed by atoms with E-state index in [0.29, 0.717) is 31.2 Å². The highest BCUT2D eigenvalue weighted by molar-refractivity contribution is 5.99. The van der Waals surface area contributed by atoms with Crippen LogP contribution in [0.15, 0.2) is 24.3 Å². The van der Waals surface area contributed by atoms with Crippen LogP contribution in [0.5, 0.6) is 0 Å². The Morgan fingerprint density at radius 1 is 1.36 bits per heavy atom. The van der Waals surface area contributed by atoms with Gasteiger partial charge in [0.2, 0.25) is 0 Å². The third-order valence-corrected chi connectivity index (χ3v) is 4.72. The summed E-state index contributed by atoms with van der Waals surface area (Å²) in [5.41, 5.74) is 3.60. The molecule has 5 heteroatoms. The lowest BCUT2D eigenvalue weighted by Crippen LogP contribution is -2.39. The number of ether oxygens (including phenoxy) is 1. The first-order chi connectivity index (χ1) is 12.0. The van der Waals surface area contributed by atoms with Gasteiger partial charge in [-0.1, -0.05) is 18.2 Å². The number of aromatic nitrogens is 1. The molecule has 1 amide bonds. The number of hydrogen-bond donors (Lipinski definition) is 0. The van der Waals surface area contributed by atoms with Gasteiger partial charge in [0.25, 0.3) is 5.91 Å². The summed E-state index contributed by atoms with van der Waals surface area (Å²) in [6.07, 6.45) is 0. The zero-order valence-electron chi connectivity index (χ0n) is 15.6. The van der Waals surface area contributed by atoms with Crippen molar-refractivity contribution in [3.05, 3.63) is 41.1 Å². The Hall–Kier alpha value is -1.98. The van der Waals surface area contributed by atoms with Gasteiger partial charge in [-0.05, 0) is 39.6 Å². The summed E-state index contributed by atoms with van der Waals surface area (Å²) in [6, 6.07) is 8.07. The molecule has 134 valence electrons. The number of hydrogen-bond acceptors (Lipinski definition) is 4. The molecule has 0 unspecified atom stereocenters. The monoisotopic (exact) mass is 341 g/mol. The van der Waals surface area contributed by atoms with E-state index in [1.54, 1.807) is 0 Å². The first kappa shape index (κ1) is 17.8. The van der Waals surface area contributed by atoms with Crippen LogP contribution in [0.1, 0.15) is 21.6 Å². The van der Waals surface area contributed by atoms with E-state index in [-0.39, 0.29) is 5.91 Å². The second-order valence-corrected chi connectivity index (χ2v) is 7.22. The van der Waals surface area contributed by atoms with E-state index in [4.69, 9.17) is 9.72 Å². The van der Waals surface area contributed by atoms with Gasteiger partial charge in [-0.25, -0.2) is 0 Å². The number of fused-ring (bicyclic) bond motifs is 1. The van der Waals surface area contributed by atoms with Gasteiger partial charge in [0.05, 0.1) is 30.0 Å². The molecule has 1 saturated heterocycles. The van der Waals surface area contributed by atoms with E-state index in [1.165, 1.54) is 0 Å². The van der Waals surface area contributed by atoms with Gasteiger partial charge < -0.3 is 14.5 Å². The predicted octanol–water partition coefficient (Wildman–Crippen LogP) is 2.50. The summed E-state index contributed by atoms with van der Waals surface area (Å²) < 4.78 is 5.70. The van der Waals surface area contributed by atoms with Crippen molar-refractivity contribution in [2.45, 2.75) is 13.8 Å². The lowest BCUT2D eigenvalue weighted by Gasteiger charge is -2.26. The van der Waals surface area contributed by atoms with E-state index < -0.39 is 0 Å². The highest BCUT2D eigenvalue weighted by Crippen LogP contribution is 2.21. The Morgan fingerprint density at radius 3 is 2.92 bits per heavy atom. The maximum Gasteiger partial charge on any atom is 0.255 e. The van der Waals surface area contributed by atoms with Crippen molar-refractivity contribution in [2.75, 3.05) is 46.9 Å². The zero-order valence-corrected chi connectivity index (χ0v) is 15.6. The molecular formula is C20H27N3O2. The molecule has 0 spiro atoms. The van der Waals surface area contributed by atoms with Gasteiger partial charge in [-0.15, -0.1) is 0 Å². The molecule has 25 heavy (non-hydrogen) atoms. The van der Waals surface area contributed by atoms with Crippen molar-refractivity contribution in [2.24, 2.45) is 5.92 Å². The molecule has 1 atom stereocenters. The summed E-state index contributed by atoms with van der Waals surface area (Å²) in [4.78, 5) is 21.9. The SMILES string of the molecule is Cc1nc2c(C)cccc2cc1C(=O)N1CCOC[C@H](CN(C)C)C1. The van der Waals surface area contributed by atoms with Gasteiger partial charge >= 0.3 is 0 Å². The lowest BCUT2D eigenvalue weighted by atomic mass is 10.0. The molecule has 0 radical (unpaired) electrons. The van der Waals surface area contributed by atoms with Crippen LogP contribution in [0.3, 0.4) is 0 Å². The van der Waals surface area contributed by atoms with Crippen LogP contribution in [0.4, 0.5) is 0 Å². The normalized spacial score (nSPS) is 18.6. The topological polar surface area (TPSA) is 45.7 Å². The molecule has 2 heterocycles. The molecule has 1 aromatic heterocycles. The minimum absolute atomic E-state index is 0.0580. The van der Waals surface area contributed by atoms with Crippen molar-refractivity contribution in [1.29, 1.82) is 0 Å². The number of nitrogens with zero attached hydrogens (tertiary/aromatic N) is 3. The quantitative estimate of drug-likeness (QED) is 0.860. The fourth-order valence-corrected chi connectivity index (χ4v) is 3.52. The van der Waals surface area contributed by atoms with Gasteiger partial charge in [0.15, 0.2) is 0 Å². The average Bonchev–Trinajstić information content (AvgIpc) is 2.79. The molecule has 0 aliphatic carbocycles. The van der Waals surface area contributed by atoms with E-state index in [2.05, 4.69) is 19.0 Å². The molecule has 1 aliphatic heterocycles. The van der Waals surface area contributed by atoms with Crippen molar-refractivity contribution < 1.29 is 9.53 Å². The highest BCUT2D eigenvalue weighted by Gasteiger charge is 2.25. The van der Waals surface area contributed by atoms with Crippen LogP contribution < -0.4 is 0 Å². The Balaban J connectivity index is 1.88. The van der Waals surface area contributed by atoms with Gasteiger partial charge in [0, 0.05) is 30.9 Å². The molecule has 3 rings (SSSR count). The summed E-state index contributed by atoms with van der Waals surface area (Å²) in [5.74, 6) is 0.389. The van der Waals surface area contributed by atoms with Crippen LogP contribution in [0.25, 0.3) is 10.9 Å². The Morgan fingerprint density at radius 2 is 2.16 bits per heavy atom. The number of carbonyl (C=O) groups is 1. The fourth-order valence-electron chi connectivity index (χ4n) is 3.52. The van der Waals surface area contributed by atoms with Crippen LogP contribution in [0.2, 0.25) is 0 Å². The molecule has 2 aromatic rings. The number of rotatable bonds is 3. The van der Waals surface area contributed by atoms with Crippen molar-refractivity contribution in [1.82, 2.24) is 14.8 Å². The van der Waals surface area contributed by atoms with Crippen molar-refractivity contribution in [3.8, 4) is 0 Å². The van der Waals surface area contributed by atoms with Crippen LogP contribution >= 0.6 is 0 Å². The van der Waals surface area contributed by atoms with Gasteiger partial charge in [-0.3, -0.25) is 9.78 Å². The molecule has 1 aliphatic rings. The highest BCUT2D eigenvalue weighted by atomic mass is 16.5. The van der Waals surface area contributed by atoms with Crippen LogP contribution in [0, 0.1) is 19.8 Å². The molecule has 0 saturated carbocycles. The van der Waals surface area contributed by atoms with E-state index in [1.807, 2.05) is 43.0 Å². The van der Waals surface area contributed by atoms with E-state index in [0.717, 1.165) is 35.2 Å². The standard InChI is InChI=1S/C20H27N3O2/c1-14-6-5-7-17-10-18(15(2)21-19(14)17)20(24)23-8-9-25-13-16(12-23)11-22(3)4/h5-7,10,16H,8-9,11-13H2,1-4H3/t16-/m1/s1. The van der Waals surface area contributed by atoms with Crippen molar-refractivity contribution in [3.63, 3.8) is 0 Å². The maximum absolute atomic E-state index is 13.2. The largest absolute Gasteiger partial charge is 0.379 e. The second kappa shape index (κ2) is 7.50. The minimum Gasteiger partial charge on any atom is -0.379 e. The fraction of sp³-hybridized carbons (Fsp3) is 0.500. The predicted molar refractivity (Wildman–Crippen MR) is 100.0 cm³/mol. The molecule has 0 N–H and O–H groups in total. The molecule has 5 nitrogen and oxygen atoms in total. The first-order valence-corrected chi connectivity index (χ1v) is 8.84. The van der Waals surface area contributed by atoms with E-state index in [9.17, 15) is 4.79 Å².